The number of likely N-dealkylation sites (N-methyl/N-ethyl adjacent to an activating group) is 1. The number of anilines is 2. The first-order valence-electron chi connectivity index (χ1n) is 15.3. The zero-order chi connectivity index (χ0) is 32.2. The van der Waals surface area contributed by atoms with E-state index in [1.807, 2.05) is 54.1 Å². The second-order valence-electron chi connectivity index (χ2n) is 12.4. The number of nitrogens with one attached hydrogen (secondary N) is 1. The molecule has 6 heterocycles. The number of nitrogens with two attached hydrogens (primary N) is 2. The Labute approximate surface area is 289 Å². The van der Waals surface area contributed by atoms with Crippen molar-refractivity contribution in [2.45, 2.75) is 54.5 Å². The lowest BCUT2D eigenvalue weighted by Crippen LogP contribution is -2.51. The van der Waals surface area contributed by atoms with Gasteiger partial charge in [-0.15, -0.1) is 12.4 Å². The van der Waals surface area contributed by atoms with Crippen LogP contribution in [0.15, 0.2) is 70.0 Å². The van der Waals surface area contributed by atoms with Crippen molar-refractivity contribution in [3.63, 3.8) is 0 Å². The first kappa shape index (κ1) is 33.4. The zero-order valence-corrected chi connectivity index (χ0v) is 29.1. The minimum atomic E-state index is -1.39. The minimum Gasteiger partial charge on any atom is -0.376 e. The van der Waals surface area contributed by atoms with Crippen molar-refractivity contribution in [2.75, 3.05) is 36.5 Å². The third-order valence-electron chi connectivity index (χ3n) is 9.65. The van der Waals surface area contributed by atoms with E-state index >= 15 is 0 Å². The average molecular weight is 697 g/mol. The highest BCUT2D eigenvalue weighted by Gasteiger charge is 2.47. The number of ether oxygens (including phenoxy) is 1. The third-order valence-corrected chi connectivity index (χ3v) is 11.1. The maximum Gasteiger partial charge on any atom is 0.229 e. The fraction of sp³-hybridized carbons (Fsp3) is 0.406. The SMILES string of the molecule is Cc1c2ccc(N(C)C3=NC(N)(c4nccc(Sc5cnc(N6CCC7(CC6)CO[C@@H](C)[C@H]7N)cn5)c4Cl)NC=C3)cc2nn1C.Cl. The summed E-state index contributed by atoms with van der Waals surface area (Å²) in [6, 6.07) is 8.07. The molecule has 2 fully saturated rings. The van der Waals surface area contributed by atoms with Crippen LogP contribution in [0.1, 0.15) is 31.2 Å². The minimum absolute atomic E-state index is 0. The number of rotatable bonds is 5. The molecule has 0 saturated carbocycles. The van der Waals surface area contributed by atoms with E-state index < -0.39 is 5.79 Å². The molecule has 1 unspecified atom stereocenters. The Bertz CT molecular complexity index is 1840. The quantitative estimate of drug-likeness (QED) is 0.274. The van der Waals surface area contributed by atoms with Gasteiger partial charge >= 0.3 is 0 Å². The van der Waals surface area contributed by atoms with Crippen molar-refractivity contribution in [1.29, 1.82) is 0 Å². The highest BCUT2D eigenvalue weighted by Crippen LogP contribution is 2.42. The van der Waals surface area contributed by atoms with Crippen LogP contribution in [-0.2, 0) is 17.6 Å². The fourth-order valence-electron chi connectivity index (χ4n) is 6.52. The van der Waals surface area contributed by atoms with Crippen LogP contribution in [0, 0.1) is 12.3 Å². The molecule has 3 aliphatic heterocycles. The molecule has 7 rings (SSSR count). The van der Waals surface area contributed by atoms with Gasteiger partial charge in [0.15, 0.2) is 0 Å². The second-order valence-corrected chi connectivity index (χ2v) is 13.8. The highest BCUT2D eigenvalue weighted by molar-refractivity contribution is 7.99. The molecule has 5 N–H and O–H groups in total. The molecular weight excluding hydrogens is 657 g/mol. The van der Waals surface area contributed by atoms with E-state index in [1.165, 1.54) is 11.8 Å². The standard InChI is InChI=1S/C32H38ClN11OS.ClH/c1-19-22-6-5-21(15-23(22)41-43(19)4)42(3)25-8-12-39-32(35,40-25)30-28(33)24(7-11-36-30)46-27-17-37-26(16-38-27)44-13-9-31(10-14-44)18-45-20(2)29(31)34;/h5-8,11-12,15-17,20,29,39H,9-10,13-14,18,34-35H2,1-4H3;1H/t20-,29+,32?;/m0./s1. The van der Waals surface area contributed by atoms with Crippen LogP contribution < -0.4 is 26.6 Å². The summed E-state index contributed by atoms with van der Waals surface area (Å²) in [5.74, 6) is 0.110. The maximum atomic E-state index is 6.95. The van der Waals surface area contributed by atoms with Gasteiger partial charge in [0.1, 0.15) is 22.4 Å². The number of piperidine rings is 1. The molecule has 47 heavy (non-hydrogen) atoms. The highest BCUT2D eigenvalue weighted by atomic mass is 35.5. The summed E-state index contributed by atoms with van der Waals surface area (Å²) in [5.41, 5.74) is 16.7. The van der Waals surface area contributed by atoms with Gasteiger partial charge in [-0.3, -0.25) is 15.4 Å². The van der Waals surface area contributed by atoms with Gasteiger partial charge in [0.05, 0.1) is 35.6 Å². The Morgan fingerprint density at radius 2 is 1.94 bits per heavy atom. The summed E-state index contributed by atoms with van der Waals surface area (Å²) in [7, 11) is 3.88. The topological polar surface area (TPSA) is 149 Å². The molecule has 12 nitrogen and oxygen atoms in total. The molecule has 1 spiro atoms. The monoisotopic (exact) mass is 695 g/mol. The molecule has 0 amide bonds. The Balaban J connectivity index is 0.00000386. The lowest BCUT2D eigenvalue weighted by molar-refractivity contribution is 0.0974. The van der Waals surface area contributed by atoms with E-state index in [1.54, 1.807) is 18.6 Å². The number of aromatic nitrogens is 5. The number of nitrogens with zero attached hydrogens (tertiary/aromatic N) is 8. The maximum absolute atomic E-state index is 6.95. The van der Waals surface area contributed by atoms with E-state index in [4.69, 9.17) is 42.8 Å². The Morgan fingerprint density at radius 3 is 2.64 bits per heavy atom. The number of halogens is 2. The van der Waals surface area contributed by atoms with Gasteiger partial charge < -0.3 is 25.6 Å². The molecule has 3 aromatic heterocycles. The summed E-state index contributed by atoms with van der Waals surface area (Å²) in [5, 5.41) is 9.99. The van der Waals surface area contributed by atoms with Crippen LogP contribution in [0.2, 0.25) is 5.02 Å². The van der Waals surface area contributed by atoms with E-state index in [9.17, 15) is 0 Å². The van der Waals surface area contributed by atoms with Crippen LogP contribution in [-0.4, -0.2) is 69.5 Å². The number of hydrogen-bond acceptors (Lipinski definition) is 12. The van der Waals surface area contributed by atoms with Crippen LogP contribution >= 0.6 is 35.8 Å². The van der Waals surface area contributed by atoms with Crippen LogP contribution in [0.25, 0.3) is 10.9 Å². The smallest absolute Gasteiger partial charge is 0.229 e. The van der Waals surface area contributed by atoms with Crippen LogP contribution in [0.3, 0.4) is 0 Å². The number of aryl methyl sites for hydroxylation is 2. The molecule has 0 bridgehead atoms. The van der Waals surface area contributed by atoms with Crippen molar-refractivity contribution in [3.05, 3.63) is 71.5 Å². The zero-order valence-electron chi connectivity index (χ0n) is 26.7. The van der Waals surface area contributed by atoms with Gasteiger partial charge in [-0.25, -0.2) is 15.0 Å². The van der Waals surface area contributed by atoms with Gasteiger partial charge in [-0.2, -0.15) is 5.10 Å². The molecule has 3 aliphatic rings. The van der Waals surface area contributed by atoms with E-state index in [0.717, 1.165) is 65.5 Å². The molecular formula is C32H39Cl2N11OS. The summed E-state index contributed by atoms with van der Waals surface area (Å²) < 4.78 is 7.75. The molecule has 2 saturated heterocycles. The molecule has 4 aromatic rings. The van der Waals surface area contributed by atoms with Crippen molar-refractivity contribution < 1.29 is 4.74 Å². The Hall–Kier alpha value is -3.46. The van der Waals surface area contributed by atoms with Crippen molar-refractivity contribution in [2.24, 2.45) is 28.9 Å². The van der Waals surface area contributed by atoms with Gasteiger partial charge in [0, 0.05) is 72.7 Å². The van der Waals surface area contributed by atoms with Crippen LogP contribution in [0.5, 0.6) is 0 Å². The summed E-state index contributed by atoms with van der Waals surface area (Å²) in [6.45, 7) is 6.61. The van der Waals surface area contributed by atoms with Gasteiger partial charge in [0.2, 0.25) is 5.79 Å². The molecule has 1 aromatic carbocycles. The normalized spacial score (nSPS) is 23.5. The summed E-state index contributed by atoms with van der Waals surface area (Å²) in [4.78, 5) is 23.8. The molecule has 3 atom stereocenters. The molecule has 248 valence electrons. The van der Waals surface area contributed by atoms with E-state index in [0.29, 0.717) is 21.6 Å². The van der Waals surface area contributed by atoms with Crippen molar-refractivity contribution in [3.8, 4) is 0 Å². The van der Waals surface area contributed by atoms with Gasteiger partial charge in [-0.1, -0.05) is 23.4 Å². The fourth-order valence-corrected chi connectivity index (χ4v) is 7.65. The van der Waals surface area contributed by atoms with Crippen molar-refractivity contribution in [1.82, 2.24) is 30.0 Å². The Morgan fingerprint density at radius 1 is 1.15 bits per heavy atom. The van der Waals surface area contributed by atoms with E-state index in [-0.39, 0.29) is 30.0 Å². The summed E-state index contributed by atoms with van der Waals surface area (Å²) >= 11 is 8.35. The number of amidine groups is 1. The second kappa shape index (κ2) is 12.9. The third kappa shape index (κ3) is 6.05. The first-order valence-corrected chi connectivity index (χ1v) is 16.5. The predicted octanol–water partition coefficient (Wildman–Crippen LogP) is 4.35. The summed E-state index contributed by atoms with van der Waals surface area (Å²) in [6.07, 6.45) is 11.0. The number of pyridine rings is 1. The molecule has 15 heteroatoms. The lowest BCUT2D eigenvalue weighted by Gasteiger charge is -2.41. The number of hydrogen-bond donors (Lipinski definition) is 3. The number of benzene rings is 1. The van der Waals surface area contributed by atoms with Gasteiger partial charge in [-0.05, 0) is 57.0 Å². The molecule has 0 aliphatic carbocycles. The number of aliphatic imine (C=N–C) groups is 1. The average Bonchev–Trinajstić information content (AvgIpc) is 3.51. The molecule has 0 radical (unpaired) electrons. The largest absolute Gasteiger partial charge is 0.376 e. The predicted molar refractivity (Wildman–Crippen MR) is 189 cm³/mol. The Kier molecular flexibility index (Phi) is 9.15. The van der Waals surface area contributed by atoms with Crippen molar-refractivity contribution >= 4 is 64.0 Å². The number of fused-ring (bicyclic) bond motifs is 1. The van der Waals surface area contributed by atoms with Crippen LogP contribution in [0.4, 0.5) is 11.5 Å². The van der Waals surface area contributed by atoms with E-state index in [2.05, 4.69) is 40.2 Å². The lowest BCUT2D eigenvalue weighted by atomic mass is 9.73. The first-order chi connectivity index (χ1) is 22.1. The van der Waals surface area contributed by atoms with Gasteiger partial charge in [0.25, 0.3) is 0 Å².